The minimum Gasteiger partial charge on any atom is -0.343 e. The molecule has 3 N–H and O–H groups in total. The quantitative estimate of drug-likeness (QED) is 0.806. The fourth-order valence-corrected chi connectivity index (χ4v) is 1.50. The van der Waals surface area contributed by atoms with Crippen LogP contribution in [0.25, 0.3) is 0 Å². The van der Waals surface area contributed by atoms with Gasteiger partial charge in [-0.25, -0.2) is 4.98 Å². The third-order valence-corrected chi connectivity index (χ3v) is 2.62. The van der Waals surface area contributed by atoms with Crippen molar-refractivity contribution in [1.29, 1.82) is 0 Å². The van der Waals surface area contributed by atoms with E-state index in [1.165, 1.54) is 0 Å². The molecule has 0 spiro atoms. The summed E-state index contributed by atoms with van der Waals surface area (Å²) >= 11 is 0. The number of imidazole rings is 1. The van der Waals surface area contributed by atoms with E-state index in [0.29, 0.717) is 18.8 Å². The van der Waals surface area contributed by atoms with Gasteiger partial charge in [-0.15, -0.1) is 0 Å². The molecule has 0 aliphatic heterocycles. The van der Waals surface area contributed by atoms with Crippen LogP contribution >= 0.6 is 0 Å². The Morgan fingerprint density at radius 3 is 2.83 bits per heavy atom. The first kappa shape index (κ1) is 12.3. The normalized spacial score (nSPS) is 10.3. The minimum absolute atomic E-state index is 0.221. The van der Waals surface area contributed by atoms with Crippen LogP contribution in [0, 0.1) is 0 Å². The number of rotatable bonds is 4. The SMILES string of the molecule is Cn1ccnc1CNC(=O)c1ccc(CN)cn1. The smallest absolute Gasteiger partial charge is 0.270 e. The summed E-state index contributed by atoms with van der Waals surface area (Å²) in [4.78, 5) is 20.0. The molecule has 2 aromatic rings. The first-order valence-electron chi connectivity index (χ1n) is 5.60. The second-order valence-electron chi connectivity index (χ2n) is 3.89. The van der Waals surface area contributed by atoms with Gasteiger partial charge in [0.2, 0.25) is 0 Å². The number of nitrogens with zero attached hydrogens (tertiary/aromatic N) is 3. The predicted octanol–water partition coefficient (Wildman–Crippen LogP) is 0.204. The lowest BCUT2D eigenvalue weighted by Gasteiger charge is -2.05. The van der Waals surface area contributed by atoms with E-state index in [1.807, 2.05) is 17.8 Å². The van der Waals surface area contributed by atoms with E-state index >= 15 is 0 Å². The molecule has 0 fully saturated rings. The second kappa shape index (κ2) is 5.42. The van der Waals surface area contributed by atoms with Gasteiger partial charge in [0.15, 0.2) is 0 Å². The molecular formula is C12H15N5O. The van der Waals surface area contributed by atoms with Crippen LogP contribution in [0.3, 0.4) is 0 Å². The fourth-order valence-electron chi connectivity index (χ4n) is 1.50. The van der Waals surface area contributed by atoms with Crippen molar-refractivity contribution < 1.29 is 4.79 Å². The predicted molar refractivity (Wildman–Crippen MR) is 66.5 cm³/mol. The van der Waals surface area contributed by atoms with E-state index in [9.17, 15) is 4.79 Å². The van der Waals surface area contributed by atoms with Crippen LogP contribution < -0.4 is 11.1 Å². The zero-order chi connectivity index (χ0) is 13.0. The van der Waals surface area contributed by atoms with Crippen molar-refractivity contribution in [3.63, 3.8) is 0 Å². The topological polar surface area (TPSA) is 85.8 Å². The maximum absolute atomic E-state index is 11.8. The lowest BCUT2D eigenvalue weighted by molar-refractivity contribution is 0.0944. The third kappa shape index (κ3) is 2.72. The Labute approximate surface area is 105 Å². The summed E-state index contributed by atoms with van der Waals surface area (Å²) in [7, 11) is 1.88. The average Bonchev–Trinajstić information content (AvgIpc) is 2.81. The molecule has 0 atom stereocenters. The number of carbonyl (C=O) groups is 1. The summed E-state index contributed by atoms with van der Waals surface area (Å²) < 4.78 is 1.85. The minimum atomic E-state index is -0.221. The van der Waals surface area contributed by atoms with Crippen LogP contribution in [0.4, 0.5) is 0 Å². The molecular weight excluding hydrogens is 230 g/mol. The lowest BCUT2D eigenvalue weighted by atomic mass is 10.2. The van der Waals surface area contributed by atoms with Gasteiger partial charge < -0.3 is 15.6 Å². The number of amides is 1. The zero-order valence-corrected chi connectivity index (χ0v) is 10.1. The van der Waals surface area contributed by atoms with Crippen molar-refractivity contribution in [3.05, 3.63) is 47.8 Å². The largest absolute Gasteiger partial charge is 0.343 e. The molecule has 2 rings (SSSR count). The van der Waals surface area contributed by atoms with E-state index in [2.05, 4.69) is 15.3 Å². The van der Waals surface area contributed by atoms with Crippen molar-refractivity contribution in [2.24, 2.45) is 12.8 Å². The molecule has 0 aromatic carbocycles. The summed E-state index contributed by atoms with van der Waals surface area (Å²) in [5.41, 5.74) is 6.74. The highest BCUT2D eigenvalue weighted by atomic mass is 16.1. The van der Waals surface area contributed by atoms with E-state index in [4.69, 9.17) is 5.73 Å². The van der Waals surface area contributed by atoms with Crippen LogP contribution in [-0.2, 0) is 20.1 Å². The van der Waals surface area contributed by atoms with Crippen molar-refractivity contribution in [2.45, 2.75) is 13.1 Å². The maximum Gasteiger partial charge on any atom is 0.270 e. The van der Waals surface area contributed by atoms with Crippen LogP contribution in [-0.4, -0.2) is 20.4 Å². The summed E-state index contributed by atoms with van der Waals surface area (Å²) in [5.74, 6) is 0.573. The van der Waals surface area contributed by atoms with Gasteiger partial charge in [-0.3, -0.25) is 9.78 Å². The molecule has 0 saturated heterocycles. The average molecular weight is 245 g/mol. The van der Waals surface area contributed by atoms with Crippen molar-refractivity contribution in [3.8, 4) is 0 Å². The van der Waals surface area contributed by atoms with Gasteiger partial charge >= 0.3 is 0 Å². The Morgan fingerprint density at radius 1 is 1.44 bits per heavy atom. The van der Waals surface area contributed by atoms with Gasteiger partial charge in [0.1, 0.15) is 11.5 Å². The molecule has 6 nitrogen and oxygen atoms in total. The molecule has 0 radical (unpaired) electrons. The molecule has 2 heterocycles. The summed E-state index contributed by atoms with van der Waals surface area (Å²) in [5, 5.41) is 2.76. The highest BCUT2D eigenvalue weighted by Crippen LogP contribution is 2.00. The molecule has 0 aliphatic rings. The lowest BCUT2D eigenvalue weighted by Crippen LogP contribution is -2.25. The molecule has 2 aromatic heterocycles. The number of carbonyl (C=O) groups excluding carboxylic acids is 1. The highest BCUT2D eigenvalue weighted by molar-refractivity contribution is 5.92. The summed E-state index contributed by atoms with van der Waals surface area (Å²) in [6.45, 7) is 0.796. The Hall–Kier alpha value is -2.21. The van der Waals surface area contributed by atoms with Crippen molar-refractivity contribution >= 4 is 5.91 Å². The number of pyridine rings is 1. The first-order valence-corrected chi connectivity index (χ1v) is 5.60. The molecule has 0 saturated carbocycles. The number of hydrogen-bond donors (Lipinski definition) is 2. The van der Waals surface area contributed by atoms with Gasteiger partial charge in [-0.05, 0) is 11.6 Å². The standard InChI is InChI=1S/C12H15N5O/c1-17-5-4-14-11(17)8-16-12(18)10-3-2-9(6-13)7-15-10/h2-5,7H,6,8,13H2,1H3,(H,16,18). The molecule has 0 unspecified atom stereocenters. The molecule has 94 valence electrons. The van der Waals surface area contributed by atoms with Crippen LogP contribution in [0.5, 0.6) is 0 Å². The second-order valence-corrected chi connectivity index (χ2v) is 3.89. The fraction of sp³-hybridized carbons (Fsp3) is 0.250. The Bertz CT molecular complexity index is 532. The van der Waals surface area contributed by atoms with Crippen molar-refractivity contribution in [1.82, 2.24) is 19.9 Å². The molecule has 0 bridgehead atoms. The Morgan fingerprint density at radius 2 is 2.28 bits per heavy atom. The number of nitrogens with one attached hydrogen (secondary N) is 1. The number of aromatic nitrogens is 3. The highest BCUT2D eigenvalue weighted by Gasteiger charge is 2.07. The first-order chi connectivity index (χ1) is 8.70. The number of nitrogens with two attached hydrogens (primary N) is 1. The third-order valence-electron chi connectivity index (χ3n) is 2.62. The van der Waals surface area contributed by atoms with Gasteiger partial charge in [0.25, 0.3) is 5.91 Å². The molecule has 18 heavy (non-hydrogen) atoms. The van der Waals surface area contributed by atoms with Crippen LogP contribution in [0.2, 0.25) is 0 Å². The van der Waals surface area contributed by atoms with Gasteiger partial charge in [-0.2, -0.15) is 0 Å². The van der Waals surface area contributed by atoms with E-state index in [0.717, 1.165) is 11.4 Å². The monoisotopic (exact) mass is 245 g/mol. The van der Waals surface area contributed by atoms with Crippen molar-refractivity contribution in [2.75, 3.05) is 0 Å². The van der Waals surface area contributed by atoms with E-state index in [1.54, 1.807) is 24.5 Å². The maximum atomic E-state index is 11.8. The molecule has 0 aliphatic carbocycles. The van der Waals surface area contributed by atoms with Gasteiger partial charge in [0.05, 0.1) is 6.54 Å². The number of aryl methyl sites for hydroxylation is 1. The van der Waals surface area contributed by atoms with Gasteiger partial charge in [-0.1, -0.05) is 6.07 Å². The summed E-state index contributed by atoms with van der Waals surface area (Å²) in [6.07, 6.45) is 5.13. The van der Waals surface area contributed by atoms with Crippen LogP contribution in [0.1, 0.15) is 21.9 Å². The Balaban J connectivity index is 1.97. The van der Waals surface area contributed by atoms with Crippen LogP contribution in [0.15, 0.2) is 30.7 Å². The number of hydrogen-bond acceptors (Lipinski definition) is 4. The van der Waals surface area contributed by atoms with E-state index in [-0.39, 0.29) is 5.91 Å². The van der Waals surface area contributed by atoms with Gasteiger partial charge in [0, 0.05) is 32.2 Å². The molecule has 6 heteroatoms. The Kier molecular flexibility index (Phi) is 3.69. The summed E-state index contributed by atoms with van der Waals surface area (Å²) in [6, 6.07) is 3.46. The van der Waals surface area contributed by atoms with E-state index < -0.39 is 0 Å². The zero-order valence-electron chi connectivity index (χ0n) is 10.1. The molecule has 1 amide bonds.